The van der Waals surface area contributed by atoms with Crippen molar-refractivity contribution >= 4 is 11.3 Å². The van der Waals surface area contributed by atoms with Gasteiger partial charge in [0.1, 0.15) is 6.10 Å². The van der Waals surface area contributed by atoms with Crippen molar-refractivity contribution in [2.75, 3.05) is 13.2 Å². The summed E-state index contributed by atoms with van der Waals surface area (Å²) in [6, 6.07) is 6.55. The van der Waals surface area contributed by atoms with Gasteiger partial charge in [-0.15, -0.1) is 11.3 Å². The second kappa shape index (κ2) is 6.96. The molecule has 0 unspecified atom stereocenters. The van der Waals surface area contributed by atoms with Crippen molar-refractivity contribution in [3.63, 3.8) is 0 Å². The summed E-state index contributed by atoms with van der Waals surface area (Å²) in [5, 5.41) is 23.2. The summed E-state index contributed by atoms with van der Waals surface area (Å²) in [6.07, 6.45) is 4.62. The van der Waals surface area contributed by atoms with E-state index in [4.69, 9.17) is 5.11 Å². The highest BCUT2D eigenvalue weighted by Crippen LogP contribution is 2.38. The number of hydrogen-bond acceptors (Lipinski definition) is 5. The summed E-state index contributed by atoms with van der Waals surface area (Å²) in [5.74, 6) is 0.800. The molecule has 1 saturated carbocycles. The molecule has 0 aromatic carbocycles. The summed E-state index contributed by atoms with van der Waals surface area (Å²) in [5.41, 5.74) is 1.70. The first-order valence-electron chi connectivity index (χ1n) is 8.89. The van der Waals surface area contributed by atoms with Crippen LogP contribution in [0.1, 0.15) is 58.8 Å². The van der Waals surface area contributed by atoms with E-state index in [1.807, 2.05) is 22.1 Å². The molecule has 2 aromatic heterocycles. The zero-order chi connectivity index (χ0) is 16.5. The normalized spacial score (nSPS) is 20.4. The fourth-order valence-corrected chi connectivity index (χ4v) is 5.09. The number of aliphatic hydroxyl groups excluding tert-OH is 2. The molecule has 130 valence electrons. The van der Waals surface area contributed by atoms with Gasteiger partial charge in [0, 0.05) is 29.4 Å². The molecule has 1 aliphatic heterocycles. The smallest absolute Gasteiger partial charge is 0.121 e. The summed E-state index contributed by atoms with van der Waals surface area (Å²) >= 11 is 1.98. The van der Waals surface area contributed by atoms with E-state index in [1.54, 1.807) is 4.88 Å². The minimum atomic E-state index is -0.872. The van der Waals surface area contributed by atoms with E-state index < -0.39 is 6.10 Å². The van der Waals surface area contributed by atoms with Crippen molar-refractivity contribution in [1.29, 1.82) is 0 Å². The Morgan fingerprint density at radius 3 is 2.88 bits per heavy atom. The van der Waals surface area contributed by atoms with Crippen LogP contribution in [0.5, 0.6) is 0 Å². The van der Waals surface area contributed by atoms with E-state index >= 15 is 0 Å². The third-order valence-corrected chi connectivity index (χ3v) is 6.46. The molecule has 24 heavy (non-hydrogen) atoms. The lowest BCUT2D eigenvalue weighted by Crippen LogP contribution is -2.33. The zero-order valence-electron chi connectivity index (χ0n) is 13.9. The highest BCUT2D eigenvalue weighted by atomic mass is 32.1. The van der Waals surface area contributed by atoms with Gasteiger partial charge >= 0.3 is 0 Å². The van der Waals surface area contributed by atoms with Gasteiger partial charge in [-0.2, -0.15) is 5.10 Å². The van der Waals surface area contributed by atoms with Crippen molar-refractivity contribution in [2.45, 2.75) is 57.3 Å². The Balaban J connectivity index is 1.40. The lowest BCUT2D eigenvalue weighted by molar-refractivity contribution is 0.0915. The number of nitrogens with zero attached hydrogens (tertiary/aromatic N) is 3. The molecule has 2 N–H and O–H groups in total. The molecule has 3 heterocycles. The van der Waals surface area contributed by atoms with Crippen LogP contribution in [0.25, 0.3) is 0 Å². The minimum Gasteiger partial charge on any atom is -0.393 e. The molecule has 0 amide bonds. The first-order chi connectivity index (χ1) is 11.7. The Morgan fingerprint density at radius 2 is 2.08 bits per heavy atom. The largest absolute Gasteiger partial charge is 0.393 e. The summed E-state index contributed by atoms with van der Waals surface area (Å²) in [6.45, 7) is 3.37. The third kappa shape index (κ3) is 3.28. The van der Waals surface area contributed by atoms with E-state index in [1.165, 1.54) is 30.6 Å². The molecular weight excluding hydrogens is 322 g/mol. The molecule has 1 aliphatic carbocycles. The van der Waals surface area contributed by atoms with Crippen LogP contribution in [-0.2, 0) is 19.6 Å². The first kappa shape index (κ1) is 16.3. The van der Waals surface area contributed by atoms with Crippen LogP contribution in [0.15, 0.2) is 18.2 Å². The van der Waals surface area contributed by atoms with E-state index in [-0.39, 0.29) is 6.61 Å². The van der Waals surface area contributed by atoms with Crippen LogP contribution in [0.2, 0.25) is 0 Å². The SMILES string of the molecule is OC[C@@H](O)c1cc2n(n1)CCN(Cc1ccc(C3CCCC3)s1)C2. The van der Waals surface area contributed by atoms with Crippen LogP contribution >= 0.6 is 11.3 Å². The number of fused-ring (bicyclic) bond motifs is 1. The summed E-state index contributed by atoms with van der Waals surface area (Å²) in [4.78, 5) is 5.45. The number of hydrogen-bond donors (Lipinski definition) is 2. The van der Waals surface area contributed by atoms with Gasteiger partial charge in [-0.1, -0.05) is 12.8 Å². The fourth-order valence-electron chi connectivity index (χ4n) is 3.86. The van der Waals surface area contributed by atoms with E-state index in [9.17, 15) is 5.11 Å². The van der Waals surface area contributed by atoms with Crippen LogP contribution in [0, 0.1) is 0 Å². The lowest BCUT2D eigenvalue weighted by atomic mass is 10.1. The second-order valence-electron chi connectivity index (χ2n) is 6.98. The Labute approximate surface area is 146 Å². The van der Waals surface area contributed by atoms with Gasteiger partial charge in [0.25, 0.3) is 0 Å². The highest BCUT2D eigenvalue weighted by Gasteiger charge is 2.22. The molecule has 1 atom stereocenters. The van der Waals surface area contributed by atoms with Crippen LogP contribution in [0.4, 0.5) is 0 Å². The summed E-state index contributed by atoms with van der Waals surface area (Å²) in [7, 11) is 0. The van der Waals surface area contributed by atoms with Crippen molar-refractivity contribution in [3.8, 4) is 0 Å². The van der Waals surface area contributed by atoms with Crippen LogP contribution < -0.4 is 0 Å². The van der Waals surface area contributed by atoms with Gasteiger partial charge in [0.15, 0.2) is 0 Å². The van der Waals surface area contributed by atoms with Gasteiger partial charge in [0.05, 0.1) is 24.5 Å². The van der Waals surface area contributed by atoms with Crippen LogP contribution in [0.3, 0.4) is 0 Å². The predicted octanol–water partition coefficient (Wildman–Crippen LogP) is 2.64. The predicted molar refractivity (Wildman–Crippen MR) is 93.9 cm³/mol. The van der Waals surface area contributed by atoms with Gasteiger partial charge in [-0.3, -0.25) is 9.58 Å². The Kier molecular flexibility index (Phi) is 4.72. The number of thiophene rings is 1. The van der Waals surface area contributed by atoms with Crippen molar-refractivity contribution in [1.82, 2.24) is 14.7 Å². The van der Waals surface area contributed by atoms with Crippen molar-refractivity contribution < 1.29 is 10.2 Å². The molecule has 2 aliphatic rings. The molecule has 1 fully saturated rings. The molecule has 0 spiro atoms. The van der Waals surface area contributed by atoms with E-state index in [0.717, 1.165) is 37.8 Å². The van der Waals surface area contributed by atoms with Gasteiger partial charge in [-0.05, 0) is 37.0 Å². The summed E-state index contributed by atoms with van der Waals surface area (Å²) < 4.78 is 1.96. The first-order valence-corrected chi connectivity index (χ1v) is 9.71. The van der Waals surface area contributed by atoms with Gasteiger partial charge in [0.2, 0.25) is 0 Å². The third-order valence-electron chi connectivity index (χ3n) is 5.23. The molecule has 4 rings (SSSR count). The maximum absolute atomic E-state index is 9.75. The van der Waals surface area contributed by atoms with E-state index in [0.29, 0.717) is 5.69 Å². The minimum absolute atomic E-state index is 0.278. The van der Waals surface area contributed by atoms with E-state index in [2.05, 4.69) is 22.1 Å². The van der Waals surface area contributed by atoms with Crippen molar-refractivity contribution in [3.05, 3.63) is 39.3 Å². The molecule has 0 saturated heterocycles. The number of aromatic nitrogens is 2. The monoisotopic (exact) mass is 347 g/mol. The average molecular weight is 347 g/mol. The van der Waals surface area contributed by atoms with Gasteiger partial charge in [-0.25, -0.2) is 0 Å². The second-order valence-corrected chi connectivity index (χ2v) is 8.18. The Hall–Kier alpha value is -1.21. The quantitative estimate of drug-likeness (QED) is 0.873. The number of rotatable bonds is 5. The average Bonchev–Trinajstić information content (AvgIpc) is 3.33. The Bertz CT molecular complexity index is 690. The van der Waals surface area contributed by atoms with Crippen LogP contribution in [-0.4, -0.2) is 38.0 Å². The molecule has 0 bridgehead atoms. The molecular formula is C18H25N3O2S. The highest BCUT2D eigenvalue weighted by molar-refractivity contribution is 7.12. The topological polar surface area (TPSA) is 61.5 Å². The standard InChI is InChI=1S/C18H25N3O2S/c22-12-17(23)16-9-14-10-20(7-8-21(14)19-16)11-15-5-6-18(24-15)13-3-1-2-4-13/h5-6,9,13,17,22-23H,1-4,7-8,10-12H2/t17-/m1/s1. The zero-order valence-corrected chi connectivity index (χ0v) is 14.7. The molecule has 0 radical (unpaired) electrons. The lowest BCUT2D eigenvalue weighted by Gasteiger charge is -2.26. The number of aliphatic hydroxyl groups is 2. The van der Waals surface area contributed by atoms with Gasteiger partial charge < -0.3 is 10.2 Å². The molecule has 5 nitrogen and oxygen atoms in total. The maximum atomic E-state index is 9.75. The molecule has 6 heteroatoms. The Morgan fingerprint density at radius 1 is 1.25 bits per heavy atom. The van der Waals surface area contributed by atoms with Crippen molar-refractivity contribution in [2.24, 2.45) is 0 Å². The fraction of sp³-hybridized carbons (Fsp3) is 0.611. The maximum Gasteiger partial charge on any atom is 0.121 e. The molecule has 2 aromatic rings.